The first-order valence-electron chi connectivity index (χ1n) is 5.95. The number of likely N-dealkylation sites (N-methyl/N-ethyl adjacent to an activating group) is 1. The largest absolute Gasteiger partial charge is 0.395 e. The molecule has 100 valence electrons. The van der Waals surface area contributed by atoms with Crippen LogP contribution in [0.4, 0.5) is 0 Å². The number of carbonyl (C=O) groups is 1. The fourth-order valence-electron chi connectivity index (χ4n) is 1.85. The van der Waals surface area contributed by atoms with Crippen molar-refractivity contribution in [2.45, 2.75) is 6.92 Å². The number of hydrogen-bond donors (Lipinski definition) is 1. The van der Waals surface area contributed by atoms with Crippen molar-refractivity contribution >= 4 is 5.91 Å². The van der Waals surface area contributed by atoms with Crippen LogP contribution in [0, 0.1) is 6.92 Å². The van der Waals surface area contributed by atoms with E-state index in [9.17, 15) is 4.79 Å². The van der Waals surface area contributed by atoms with Gasteiger partial charge in [0.1, 0.15) is 12.7 Å². The van der Waals surface area contributed by atoms with Crippen LogP contribution in [-0.2, 0) is 0 Å². The molecule has 0 saturated heterocycles. The molecule has 0 atom stereocenters. The van der Waals surface area contributed by atoms with Gasteiger partial charge in [-0.05, 0) is 30.7 Å². The summed E-state index contributed by atoms with van der Waals surface area (Å²) in [6.45, 7) is 2.20. The molecule has 1 aromatic carbocycles. The molecule has 2 rings (SSSR count). The summed E-state index contributed by atoms with van der Waals surface area (Å²) >= 11 is 0. The van der Waals surface area contributed by atoms with Crippen LogP contribution in [0.5, 0.6) is 0 Å². The lowest BCUT2D eigenvalue weighted by Gasteiger charge is -2.16. The number of nitrogens with zero attached hydrogens (tertiary/aromatic N) is 4. The first-order chi connectivity index (χ1) is 9.13. The Bertz CT molecular complexity index is 566. The maximum Gasteiger partial charge on any atom is 0.253 e. The molecule has 1 heterocycles. The van der Waals surface area contributed by atoms with Crippen molar-refractivity contribution < 1.29 is 9.90 Å². The molecule has 1 amide bonds. The Morgan fingerprint density at radius 2 is 2.26 bits per heavy atom. The zero-order valence-corrected chi connectivity index (χ0v) is 10.9. The SMILES string of the molecule is Cc1cc(C(=O)N(C)CCO)ccc1-n1cncn1. The Kier molecular flexibility index (Phi) is 3.91. The average Bonchev–Trinajstić information content (AvgIpc) is 2.91. The van der Waals surface area contributed by atoms with Gasteiger partial charge in [-0.2, -0.15) is 5.10 Å². The Morgan fingerprint density at radius 3 is 2.84 bits per heavy atom. The van der Waals surface area contributed by atoms with Gasteiger partial charge in [0.05, 0.1) is 12.3 Å². The van der Waals surface area contributed by atoms with E-state index in [2.05, 4.69) is 10.1 Å². The van der Waals surface area contributed by atoms with Crippen LogP contribution < -0.4 is 0 Å². The van der Waals surface area contributed by atoms with Gasteiger partial charge in [0.15, 0.2) is 0 Å². The highest BCUT2D eigenvalue weighted by molar-refractivity contribution is 5.94. The topological polar surface area (TPSA) is 71.2 Å². The molecule has 0 fully saturated rings. The molecule has 1 N–H and O–H groups in total. The number of aromatic nitrogens is 3. The van der Waals surface area contributed by atoms with Crippen LogP contribution in [-0.4, -0.2) is 50.9 Å². The predicted octanol–water partition coefficient (Wildman–Crippen LogP) is 0.640. The fraction of sp³-hybridized carbons (Fsp3) is 0.308. The normalized spacial score (nSPS) is 10.5. The summed E-state index contributed by atoms with van der Waals surface area (Å²) in [5, 5.41) is 12.9. The predicted molar refractivity (Wildman–Crippen MR) is 70.1 cm³/mol. The van der Waals surface area contributed by atoms with E-state index in [1.54, 1.807) is 24.1 Å². The van der Waals surface area contributed by atoms with E-state index < -0.39 is 0 Å². The molecule has 0 bridgehead atoms. The molecule has 19 heavy (non-hydrogen) atoms. The summed E-state index contributed by atoms with van der Waals surface area (Å²) in [6.07, 6.45) is 3.08. The lowest BCUT2D eigenvalue weighted by molar-refractivity contribution is 0.0767. The first-order valence-corrected chi connectivity index (χ1v) is 5.95. The number of aliphatic hydroxyl groups is 1. The zero-order valence-electron chi connectivity index (χ0n) is 10.9. The lowest BCUT2D eigenvalue weighted by Crippen LogP contribution is -2.29. The Morgan fingerprint density at radius 1 is 1.47 bits per heavy atom. The number of carbonyl (C=O) groups excluding carboxylic acids is 1. The molecule has 0 aliphatic heterocycles. The van der Waals surface area contributed by atoms with Crippen LogP contribution in [0.25, 0.3) is 5.69 Å². The van der Waals surface area contributed by atoms with Crippen LogP contribution in [0.3, 0.4) is 0 Å². The number of aryl methyl sites for hydroxylation is 1. The van der Waals surface area contributed by atoms with Crippen molar-refractivity contribution in [2.24, 2.45) is 0 Å². The fourth-order valence-corrected chi connectivity index (χ4v) is 1.85. The summed E-state index contributed by atoms with van der Waals surface area (Å²) in [5.41, 5.74) is 2.42. The van der Waals surface area contributed by atoms with E-state index >= 15 is 0 Å². The zero-order chi connectivity index (χ0) is 13.8. The van der Waals surface area contributed by atoms with Gasteiger partial charge in [-0.25, -0.2) is 9.67 Å². The summed E-state index contributed by atoms with van der Waals surface area (Å²) in [6, 6.07) is 5.40. The number of benzene rings is 1. The van der Waals surface area contributed by atoms with Crippen molar-refractivity contribution in [3.8, 4) is 5.69 Å². The van der Waals surface area contributed by atoms with Gasteiger partial charge in [0.25, 0.3) is 5.91 Å². The molecule has 2 aromatic rings. The Hall–Kier alpha value is -2.21. The number of aliphatic hydroxyl groups excluding tert-OH is 1. The highest BCUT2D eigenvalue weighted by Gasteiger charge is 2.12. The first kappa shape index (κ1) is 13.2. The summed E-state index contributed by atoms with van der Waals surface area (Å²) < 4.78 is 1.65. The number of rotatable bonds is 4. The minimum atomic E-state index is -0.109. The highest BCUT2D eigenvalue weighted by atomic mass is 16.3. The molecule has 0 saturated carbocycles. The smallest absolute Gasteiger partial charge is 0.253 e. The molecule has 0 unspecified atom stereocenters. The van der Waals surface area contributed by atoms with Crippen LogP contribution >= 0.6 is 0 Å². The Labute approximate surface area is 111 Å². The van der Waals surface area contributed by atoms with Crippen LogP contribution in [0.1, 0.15) is 15.9 Å². The third kappa shape index (κ3) is 2.79. The van der Waals surface area contributed by atoms with Gasteiger partial charge in [0, 0.05) is 19.2 Å². The molecule has 6 nitrogen and oxygen atoms in total. The van der Waals surface area contributed by atoms with Crippen molar-refractivity contribution in [3.05, 3.63) is 42.0 Å². The van der Waals surface area contributed by atoms with Gasteiger partial charge in [-0.15, -0.1) is 0 Å². The third-order valence-corrected chi connectivity index (χ3v) is 2.89. The molecular weight excluding hydrogens is 244 g/mol. The summed E-state index contributed by atoms with van der Waals surface area (Å²) in [7, 11) is 1.67. The van der Waals surface area contributed by atoms with Crippen molar-refractivity contribution in [1.29, 1.82) is 0 Å². The molecule has 1 aromatic heterocycles. The minimum Gasteiger partial charge on any atom is -0.395 e. The summed E-state index contributed by atoms with van der Waals surface area (Å²) in [5.74, 6) is -0.109. The molecule has 0 aliphatic carbocycles. The van der Waals surface area contributed by atoms with Crippen molar-refractivity contribution in [2.75, 3.05) is 20.2 Å². The maximum absolute atomic E-state index is 12.1. The Balaban J connectivity index is 2.26. The van der Waals surface area contributed by atoms with E-state index in [0.717, 1.165) is 11.3 Å². The van der Waals surface area contributed by atoms with Gasteiger partial charge in [-0.1, -0.05) is 0 Å². The third-order valence-electron chi connectivity index (χ3n) is 2.89. The average molecular weight is 260 g/mol. The number of hydrogen-bond acceptors (Lipinski definition) is 4. The molecular formula is C13H16N4O2. The van der Waals surface area contributed by atoms with Crippen LogP contribution in [0.2, 0.25) is 0 Å². The summed E-state index contributed by atoms with van der Waals surface area (Å²) in [4.78, 5) is 17.5. The van der Waals surface area contributed by atoms with E-state index in [0.29, 0.717) is 12.1 Å². The second-order valence-corrected chi connectivity index (χ2v) is 4.29. The second kappa shape index (κ2) is 5.62. The quantitative estimate of drug-likeness (QED) is 0.875. The number of amides is 1. The minimum absolute atomic E-state index is 0.0434. The van der Waals surface area contributed by atoms with Crippen LogP contribution in [0.15, 0.2) is 30.9 Å². The highest BCUT2D eigenvalue weighted by Crippen LogP contribution is 2.15. The molecule has 0 spiro atoms. The molecule has 0 aliphatic rings. The second-order valence-electron chi connectivity index (χ2n) is 4.29. The van der Waals surface area contributed by atoms with E-state index in [-0.39, 0.29) is 12.5 Å². The van der Waals surface area contributed by atoms with Gasteiger partial charge < -0.3 is 10.0 Å². The van der Waals surface area contributed by atoms with Gasteiger partial charge in [0.2, 0.25) is 0 Å². The molecule has 0 radical (unpaired) electrons. The van der Waals surface area contributed by atoms with Gasteiger partial charge >= 0.3 is 0 Å². The maximum atomic E-state index is 12.1. The van der Waals surface area contributed by atoms with E-state index in [1.165, 1.54) is 11.2 Å². The standard InChI is InChI=1S/C13H16N4O2/c1-10-7-11(13(19)16(2)5-6-18)3-4-12(10)17-9-14-8-15-17/h3-4,7-9,18H,5-6H2,1-2H3. The van der Waals surface area contributed by atoms with E-state index in [1.807, 2.05) is 19.1 Å². The van der Waals surface area contributed by atoms with E-state index in [4.69, 9.17) is 5.11 Å². The monoisotopic (exact) mass is 260 g/mol. The van der Waals surface area contributed by atoms with Crippen molar-refractivity contribution in [3.63, 3.8) is 0 Å². The lowest BCUT2D eigenvalue weighted by atomic mass is 10.1. The molecule has 6 heteroatoms. The van der Waals surface area contributed by atoms with Crippen molar-refractivity contribution in [1.82, 2.24) is 19.7 Å². The van der Waals surface area contributed by atoms with Gasteiger partial charge in [-0.3, -0.25) is 4.79 Å².